The first-order valence-electron chi connectivity index (χ1n) is 7.26. The second-order valence-corrected chi connectivity index (χ2v) is 6.00. The van der Waals surface area contributed by atoms with Crippen molar-refractivity contribution in [2.75, 3.05) is 26.1 Å². The van der Waals surface area contributed by atoms with Gasteiger partial charge in [0.1, 0.15) is 17.1 Å². The predicted octanol–water partition coefficient (Wildman–Crippen LogP) is 3.24. The average Bonchev–Trinajstić information content (AvgIpc) is 2.99. The second kappa shape index (κ2) is 7.69. The zero-order valence-corrected chi connectivity index (χ0v) is 14.1. The van der Waals surface area contributed by atoms with Crippen molar-refractivity contribution < 1.29 is 14.3 Å². The number of methoxy groups -OCH3 is 2. The molecule has 0 heterocycles. The number of nitrogens with one attached hydrogen (secondary N) is 1. The van der Waals surface area contributed by atoms with Gasteiger partial charge in [-0.2, -0.15) is 0 Å². The van der Waals surface area contributed by atoms with Crippen molar-refractivity contribution in [3.8, 4) is 11.5 Å². The number of benzene rings is 1. The van der Waals surface area contributed by atoms with Crippen LogP contribution in [0.3, 0.4) is 0 Å². The molecule has 1 aliphatic carbocycles. The standard InChI is InChI=1S/C16H22BrNO3/c1-20-13-7-4-8-14(21-2)15(13)16(19)18-10-12-6-3-5-11(12)9-17/h4,7-8,11-12H,3,5-6,9-10H2,1-2H3,(H,18,19). The van der Waals surface area contributed by atoms with E-state index < -0.39 is 0 Å². The predicted molar refractivity (Wildman–Crippen MR) is 86.5 cm³/mol. The largest absolute Gasteiger partial charge is 0.496 e. The van der Waals surface area contributed by atoms with E-state index in [2.05, 4.69) is 21.2 Å². The third kappa shape index (κ3) is 3.70. The third-order valence-corrected chi connectivity index (χ3v) is 5.03. The number of amides is 1. The van der Waals surface area contributed by atoms with Gasteiger partial charge in [0.15, 0.2) is 0 Å². The van der Waals surface area contributed by atoms with E-state index in [9.17, 15) is 4.79 Å². The SMILES string of the molecule is COc1cccc(OC)c1C(=O)NCC1CCCC1CBr. The van der Waals surface area contributed by atoms with Gasteiger partial charge in [-0.15, -0.1) is 0 Å². The van der Waals surface area contributed by atoms with Gasteiger partial charge in [-0.25, -0.2) is 0 Å². The Morgan fingerprint density at radius 1 is 1.24 bits per heavy atom. The van der Waals surface area contributed by atoms with E-state index in [0.717, 1.165) is 5.33 Å². The van der Waals surface area contributed by atoms with Crippen molar-refractivity contribution in [3.63, 3.8) is 0 Å². The van der Waals surface area contributed by atoms with Crippen LogP contribution in [0, 0.1) is 11.8 Å². The molecule has 1 saturated carbocycles. The molecule has 0 aromatic heterocycles. The quantitative estimate of drug-likeness (QED) is 0.796. The van der Waals surface area contributed by atoms with Gasteiger partial charge in [-0.05, 0) is 36.8 Å². The summed E-state index contributed by atoms with van der Waals surface area (Å²) >= 11 is 3.56. The summed E-state index contributed by atoms with van der Waals surface area (Å²) in [6.07, 6.45) is 3.66. The fraction of sp³-hybridized carbons (Fsp3) is 0.562. The number of carbonyl (C=O) groups excluding carboxylic acids is 1. The smallest absolute Gasteiger partial charge is 0.258 e. The summed E-state index contributed by atoms with van der Waals surface area (Å²) in [5, 5.41) is 4.04. The lowest BCUT2D eigenvalue weighted by molar-refractivity contribution is 0.0938. The Bertz CT molecular complexity index is 470. The molecule has 4 nitrogen and oxygen atoms in total. The van der Waals surface area contributed by atoms with Gasteiger partial charge >= 0.3 is 0 Å². The van der Waals surface area contributed by atoms with E-state index in [1.54, 1.807) is 26.4 Å². The fourth-order valence-corrected chi connectivity index (χ4v) is 3.83. The topological polar surface area (TPSA) is 47.6 Å². The summed E-state index contributed by atoms with van der Waals surface area (Å²) in [5.41, 5.74) is 0.468. The van der Waals surface area contributed by atoms with Crippen LogP contribution in [0.5, 0.6) is 11.5 Å². The zero-order valence-electron chi connectivity index (χ0n) is 12.5. The molecule has 0 radical (unpaired) electrons. The molecule has 2 unspecified atom stereocenters. The maximum atomic E-state index is 12.5. The highest BCUT2D eigenvalue weighted by atomic mass is 79.9. The second-order valence-electron chi connectivity index (χ2n) is 5.35. The zero-order chi connectivity index (χ0) is 15.2. The van der Waals surface area contributed by atoms with Crippen molar-refractivity contribution in [2.24, 2.45) is 11.8 Å². The number of hydrogen-bond donors (Lipinski definition) is 1. The van der Waals surface area contributed by atoms with Gasteiger partial charge in [0.2, 0.25) is 0 Å². The number of carbonyl (C=O) groups is 1. The van der Waals surface area contributed by atoms with Gasteiger partial charge in [-0.1, -0.05) is 28.4 Å². The van der Waals surface area contributed by atoms with Crippen molar-refractivity contribution in [1.82, 2.24) is 5.32 Å². The van der Waals surface area contributed by atoms with Crippen molar-refractivity contribution in [3.05, 3.63) is 23.8 Å². The normalized spacial score (nSPS) is 21.1. The lowest BCUT2D eigenvalue weighted by atomic mass is 9.98. The minimum atomic E-state index is -0.135. The summed E-state index contributed by atoms with van der Waals surface area (Å²) in [4.78, 5) is 12.5. The molecule has 1 aromatic carbocycles. The molecule has 0 bridgehead atoms. The van der Waals surface area contributed by atoms with Gasteiger partial charge in [0.25, 0.3) is 5.91 Å². The molecule has 1 aromatic rings. The van der Waals surface area contributed by atoms with E-state index in [1.165, 1.54) is 19.3 Å². The van der Waals surface area contributed by atoms with Crippen molar-refractivity contribution >= 4 is 21.8 Å². The van der Waals surface area contributed by atoms with Crippen LogP contribution in [0.4, 0.5) is 0 Å². The van der Waals surface area contributed by atoms with Crippen LogP contribution >= 0.6 is 15.9 Å². The number of halogens is 1. The third-order valence-electron chi connectivity index (χ3n) is 4.19. The molecule has 5 heteroatoms. The van der Waals surface area contributed by atoms with Gasteiger partial charge < -0.3 is 14.8 Å². The monoisotopic (exact) mass is 355 g/mol. The van der Waals surface area contributed by atoms with E-state index in [0.29, 0.717) is 35.4 Å². The Morgan fingerprint density at radius 3 is 2.43 bits per heavy atom. The number of alkyl halides is 1. The van der Waals surface area contributed by atoms with Crippen molar-refractivity contribution in [2.45, 2.75) is 19.3 Å². The maximum Gasteiger partial charge on any atom is 0.258 e. The fourth-order valence-electron chi connectivity index (χ4n) is 2.97. The first-order valence-corrected chi connectivity index (χ1v) is 8.38. The van der Waals surface area contributed by atoms with Crippen LogP contribution in [0.2, 0.25) is 0 Å². The maximum absolute atomic E-state index is 12.5. The highest BCUT2D eigenvalue weighted by Gasteiger charge is 2.27. The average molecular weight is 356 g/mol. The molecule has 1 N–H and O–H groups in total. The number of rotatable bonds is 6. The molecule has 0 saturated heterocycles. The van der Waals surface area contributed by atoms with E-state index >= 15 is 0 Å². The van der Waals surface area contributed by atoms with Crippen LogP contribution in [0.15, 0.2) is 18.2 Å². The first kappa shape index (κ1) is 16.1. The Morgan fingerprint density at radius 2 is 1.86 bits per heavy atom. The molecule has 1 aliphatic rings. The Balaban J connectivity index is 2.06. The van der Waals surface area contributed by atoms with Crippen LogP contribution < -0.4 is 14.8 Å². The number of ether oxygens (including phenoxy) is 2. The Labute approximate surface area is 134 Å². The molecular weight excluding hydrogens is 334 g/mol. The van der Waals surface area contributed by atoms with Crippen molar-refractivity contribution in [1.29, 1.82) is 0 Å². The number of hydrogen-bond acceptors (Lipinski definition) is 3. The highest BCUT2D eigenvalue weighted by molar-refractivity contribution is 9.09. The minimum Gasteiger partial charge on any atom is -0.496 e. The van der Waals surface area contributed by atoms with E-state index in [-0.39, 0.29) is 5.91 Å². The summed E-state index contributed by atoms with van der Waals surface area (Å²) in [6, 6.07) is 5.36. The molecule has 116 valence electrons. The van der Waals surface area contributed by atoms with Gasteiger partial charge in [0, 0.05) is 11.9 Å². The van der Waals surface area contributed by atoms with Gasteiger partial charge in [-0.3, -0.25) is 4.79 Å². The van der Waals surface area contributed by atoms with Gasteiger partial charge in [0.05, 0.1) is 14.2 Å². The summed E-state index contributed by atoms with van der Waals surface area (Å²) in [6.45, 7) is 0.705. The lowest BCUT2D eigenvalue weighted by Gasteiger charge is -2.19. The Kier molecular flexibility index (Phi) is 5.91. The Hall–Kier alpha value is -1.23. The molecule has 2 rings (SSSR count). The molecule has 0 aliphatic heterocycles. The van der Waals surface area contributed by atoms with Crippen LogP contribution in [-0.4, -0.2) is 32.0 Å². The van der Waals surface area contributed by atoms with E-state index in [4.69, 9.17) is 9.47 Å². The van der Waals surface area contributed by atoms with Crippen LogP contribution in [0.1, 0.15) is 29.6 Å². The van der Waals surface area contributed by atoms with E-state index in [1.807, 2.05) is 6.07 Å². The molecule has 1 amide bonds. The highest BCUT2D eigenvalue weighted by Crippen LogP contribution is 2.33. The minimum absolute atomic E-state index is 0.135. The summed E-state index contributed by atoms with van der Waals surface area (Å²) in [5.74, 6) is 2.15. The molecular formula is C16H22BrNO3. The first-order chi connectivity index (χ1) is 10.2. The summed E-state index contributed by atoms with van der Waals surface area (Å²) in [7, 11) is 3.12. The molecule has 2 atom stereocenters. The summed E-state index contributed by atoms with van der Waals surface area (Å²) < 4.78 is 10.5. The lowest BCUT2D eigenvalue weighted by Crippen LogP contribution is -2.31. The molecule has 1 fully saturated rings. The molecule has 0 spiro atoms. The van der Waals surface area contributed by atoms with Crippen LogP contribution in [0.25, 0.3) is 0 Å². The van der Waals surface area contributed by atoms with Crippen LogP contribution in [-0.2, 0) is 0 Å². The molecule has 21 heavy (non-hydrogen) atoms.